The maximum absolute atomic E-state index is 8.84. The normalized spacial score (nSPS) is 15.1. The van der Waals surface area contributed by atoms with Crippen LogP contribution in [-0.2, 0) is 0 Å². The first kappa shape index (κ1) is 11.2. The van der Waals surface area contributed by atoms with Crippen molar-refractivity contribution >= 4 is 0 Å². The predicted molar refractivity (Wildman–Crippen MR) is 60.7 cm³/mol. The van der Waals surface area contributed by atoms with Gasteiger partial charge in [-0.3, -0.25) is 0 Å². The van der Waals surface area contributed by atoms with Crippen molar-refractivity contribution in [2.45, 2.75) is 18.9 Å². The lowest BCUT2D eigenvalue weighted by molar-refractivity contribution is 0.174. The minimum Gasteiger partial charge on any atom is -0.454 e. The third kappa shape index (κ3) is 2.28. The van der Waals surface area contributed by atoms with E-state index in [1.807, 2.05) is 25.2 Å². The highest BCUT2D eigenvalue weighted by molar-refractivity contribution is 5.45. The van der Waals surface area contributed by atoms with Crippen molar-refractivity contribution in [1.29, 1.82) is 0 Å². The standard InChI is InChI=1S/C12H17NO3/c1-13-10(3-2-6-14)9-4-5-11-12(7-9)16-8-15-11/h4-5,7,10,13-14H,2-3,6,8H2,1H3. The molecular weight excluding hydrogens is 206 g/mol. The molecule has 0 radical (unpaired) electrons. The Bertz CT molecular complexity index is 354. The van der Waals surface area contributed by atoms with Gasteiger partial charge in [-0.1, -0.05) is 6.07 Å². The summed E-state index contributed by atoms with van der Waals surface area (Å²) in [5, 5.41) is 12.1. The molecule has 88 valence electrons. The molecule has 1 aliphatic heterocycles. The van der Waals surface area contributed by atoms with Crippen LogP contribution < -0.4 is 14.8 Å². The van der Waals surface area contributed by atoms with Crippen LogP contribution in [0.15, 0.2) is 18.2 Å². The lowest BCUT2D eigenvalue weighted by Gasteiger charge is -2.16. The summed E-state index contributed by atoms with van der Waals surface area (Å²) in [6.07, 6.45) is 1.70. The van der Waals surface area contributed by atoms with Gasteiger partial charge in [-0.2, -0.15) is 0 Å². The third-order valence-electron chi connectivity index (χ3n) is 2.80. The highest BCUT2D eigenvalue weighted by Gasteiger charge is 2.16. The van der Waals surface area contributed by atoms with Gasteiger partial charge in [0.25, 0.3) is 0 Å². The highest BCUT2D eigenvalue weighted by Crippen LogP contribution is 2.34. The molecule has 1 aromatic rings. The van der Waals surface area contributed by atoms with Gasteiger partial charge in [-0.25, -0.2) is 0 Å². The monoisotopic (exact) mass is 223 g/mol. The molecule has 1 atom stereocenters. The summed E-state index contributed by atoms with van der Waals surface area (Å²) in [4.78, 5) is 0. The summed E-state index contributed by atoms with van der Waals surface area (Å²) < 4.78 is 10.6. The van der Waals surface area contributed by atoms with E-state index in [0.717, 1.165) is 24.3 Å². The number of fused-ring (bicyclic) bond motifs is 1. The van der Waals surface area contributed by atoms with Crippen LogP contribution in [0.1, 0.15) is 24.4 Å². The van der Waals surface area contributed by atoms with Crippen LogP contribution >= 0.6 is 0 Å². The topological polar surface area (TPSA) is 50.7 Å². The zero-order valence-electron chi connectivity index (χ0n) is 9.40. The smallest absolute Gasteiger partial charge is 0.231 e. The van der Waals surface area contributed by atoms with Gasteiger partial charge in [0.15, 0.2) is 11.5 Å². The van der Waals surface area contributed by atoms with Crippen LogP contribution in [0.5, 0.6) is 11.5 Å². The van der Waals surface area contributed by atoms with Crippen molar-refractivity contribution in [3.05, 3.63) is 23.8 Å². The van der Waals surface area contributed by atoms with Gasteiger partial charge in [0.05, 0.1) is 0 Å². The second kappa shape index (κ2) is 5.18. The second-order valence-corrected chi connectivity index (χ2v) is 3.82. The molecule has 1 unspecified atom stereocenters. The molecule has 1 aliphatic rings. The van der Waals surface area contributed by atoms with E-state index >= 15 is 0 Å². The van der Waals surface area contributed by atoms with E-state index < -0.39 is 0 Å². The molecule has 16 heavy (non-hydrogen) atoms. The Kier molecular flexibility index (Phi) is 3.64. The number of rotatable bonds is 5. The molecule has 2 N–H and O–H groups in total. The number of ether oxygens (including phenoxy) is 2. The van der Waals surface area contributed by atoms with Crippen LogP contribution in [0.2, 0.25) is 0 Å². The first-order valence-corrected chi connectivity index (χ1v) is 5.53. The van der Waals surface area contributed by atoms with Crippen molar-refractivity contribution in [3.63, 3.8) is 0 Å². The molecule has 0 bridgehead atoms. The second-order valence-electron chi connectivity index (χ2n) is 3.82. The Morgan fingerprint density at radius 2 is 2.19 bits per heavy atom. The molecule has 0 aromatic heterocycles. The summed E-state index contributed by atoms with van der Waals surface area (Å²) in [5.74, 6) is 1.61. The van der Waals surface area contributed by atoms with Crippen molar-refractivity contribution in [2.75, 3.05) is 20.4 Å². The zero-order chi connectivity index (χ0) is 11.4. The zero-order valence-corrected chi connectivity index (χ0v) is 9.40. The van der Waals surface area contributed by atoms with Crippen molar-refractivity contribution < 1.29 is 14.6 Å². The number of hydrogen-bond donors (Lipinski definition) is 2. The molecule has 1 heterocycles. The number of hydrogen-bond acceptors (Lipinski definition) is 4. The van der Waals surface area contributed by atoms with Crippen LogP contribution in [0.4, 0.5) is 0 Å². The van der Waals surface area contributed by atoms with E-state index in [1.54, 1.807) is 0 Å². The number of aliphatic hydroxyl groups excluding tert-OH is 1. The van der Waals surface area contributed by atoms with Crippen LogP contribution in [0, 0.1) is 0 Å². The Labute approximate surface area is 95.2 Å². The Morgan fingerprint density at radius 3 is 2.94 bits per heavy atom. The minimum absolute atomic E-state index is 0.225. The fourth-order valence-electron chi connectivity index (χ4n) is 1.90. The molecule has 0 aliphatic carbocycles. The van der Waals surface area contributed by atoms with Gasteiger partial charge in [-0.05, 0) is 37.6 Å². The van der Waals surface area contributed by atoms with Gasteiger partial charge in [0.2, 0.25) is 6.79 Å². The summed E-state index contributed by atoms with van der Waals surface area (Å²) in [6.45, 7) is 0.530. The molecule has 0 saturated heterocycles. The molecule has 0 spiro atoms. The van der Waals surface area contributed by atoms with Crippen molar-refractivity contribution in [1.82, 2.24) is 5.32 Å². The largest absolute Gasteiger partial charge is 0.454 e. The molecular formula is C12H17NO3. The lowest BCUT2D eigenvalue weighted by atomic mass is 10.0. The summed E-state index contributed by atoms with van der Waals surface area (Å²) in [6, 6.07) is 6.22. The SMILES string of the molecule is CNC(CCCO)c1ccc2c(c1)OCO2. The van der Waals surface area contributed by atoms with E-state index in [9.17, 15) is 0 Å². The molecule has 4 nitrogen and oxygen atoms in total. The molecule has 1 aromatic carbocycles. The molecule has 0 fully saturated rings. The van der Waals surface area contributed by atoms with Crippen molar-refractivity contribution in [3.8, 4) is 11.5 Å². The van der Waals surface area contributed by atoms with Crippen LogP contribution in [0.3, 0.4) is 0 Å². The summed E-state index contributed by atoms with van der Waals surface area (Å²) in [7, 11) is 1.92. The van der Waals surface area contributed by atoms with E-state index in [4.69, 9.17) is 14.6 Å². The predicted octanol–water partition coefficient (Wildman–Crippen LogP) is 1.45. The quantitative estimate of drug-likeness (QED) is 0.793. The van der Waals surface area contributed by atoms with E-state index in [1.165, 1.54) is 5.56 Å². The number of aliphatic hydroxyl groups is 1. The Morgan fingerprint density at radius 1 is 1.38 bits per heavy atom. The summed E-state index contributed by atoms with van der Waals surface area (Å²) >= 11 is 0. The van der Waals surface area contributed by atoms with Gasteiger partial charge >= 0.3 is 0 Å². The molecule has 2 rings (SSSR count). The first-order valence-electron chi connectivity index (χ1n) is 5.53. The van der Waals surface area contributed by atoms with Crippen molar-refractivity contribution in [2.24, 2.45) is 0 Å². The molecule has 4 heteroatoms. The van der Waals surface area contributed by atoms with Crippen LogP contribution in [0.25, 0.3) is 0 Å². The Balaban J connectivity index is 2.12. The summed E-state index contributed by atoms with van der Waals surface area (Å²) in [5.41, 5.74) is 1.17. The van der Waals surface area contributed by atoms with Gasteiger partial charge in [0, 0.05) is 12.6 Å². The fraction of sp³-hybridized carbons (Fsp3) is 0.500. The maximum atomic E-state index is 8.84. The highest BCUT2D eigenvalue weighted by atomic mass is 16.7. The molecule has 0 saturated carbocycles. The maximum Gasteiger partial charge on any atom is 0.231 e. The van der Waals surface area contributed by atoms with Crippen LogP contribution in [-0.4, -0.2) is 25.6 Å². The van der Waals surface area contributed by atoms with E-state index in [0.29, 0.717) is 6.79 Å². The average molecular weight is 223 g/mol. The van der Waals surface area contributed by atoms with E-state index in [-0.39, 0.29) is 12.6 Å². The van der Waals surface area contributed by atoms with Gasteiger partial charge in [0.1, 0.15) is 0 Å². The van der Waals surface area contributed by atoms with Gasteiger partial charge in [-0.15, -0.1) is 0 Å². The third-order valence-corrected chi connectivity index (χ3v) is 2.80. The first-order chi connectivity index (χ1) is 7.85. The average Bonchev–Trinajstić information content (AvgIpc) is 2.77. The van der Waals surface area contributed by atoms with Gasteiger partial charge < -0.3 is 19.9 Å². The fourth-order valence-corrected chi connectivity index (χ4v) is 1.90. The molecule has 0 amide bonds. The Hall–Kier alpha value is -1.26. The van der Waals surface area contributed by atoms with E-state index in [2.05, 4.69) is 5.32 Å². The minimum atomic E-state index is 0.225. The number of nitrogens with one attached hydrogen (secondary N) is 1. The number of benzene rings is 1. The lowest BCUT2D eigenvalue weighted by Crippen LogP contribution is -2.16.